The van der Waals surface area contributed by atoms with Gasteiger partial charge in [-0.15, -0.1) is 0 Å². The van der Waals surface area contributed by atoms with Gasteiger partial charge in [-0.1, -0.05) is 49.8 Å². The first-order valence-electron chi connectivity index (χ1n) is 5.55. The summed E-state index contributed by atoms with van der Waals surface area (Å²) in [5.74, 6) is 0. The molecule has 0 aliphatic heterocycles. The highest BCUT2D eigenvalue weighted by atomic mass is 16.3. The lowest BCUT2D eigenvalue weighted by molar-refractivity contribution is 0.0297. The Morgan fingerprint density at radius 3 is 2.62 bits per heavy atom. The zero-order chi connectivity index (χ0) is 11.9. The highest BCUT2D eigenvalue weighted by Gasteiger charge is 2.26. The van der Waals surface area contributed by atoms with Gasteiger partial charge >= 0.3 is 0 Å². The van der Waals surface area contributed by atoms with Crippen molar-refractivity contribution in [3.05, 3.63) is 48.0 Å². The molecule has 16 heavy (non-hydrogen) atoms. The van der Waals surface area contributed by atoms with Crippen LogP contribution in [-0.2, 0) is 5.60 Å². The van der Waals surface area contributed by atoms with E-state index in [2.05, 4.69) is 0 Å². The summed E-state index contributed by atoms with van der Waals surface area (Å²) in [7, 11) is 0. The molecule has 1 aromatic rings. The summed E-state index contributed by atoms with van der Waals surface area (Å²) in [6.45, 7) is 2.04. The molecule has 0 saturated carbocycles. The molecule has 0 spiro atoms. The van der Waals surface area contributed by atoms with Crippen molar-refractivity contribution in [3.63, 3.8) is 0 Å². The molecule has 1 aromatic carbocycles. The molecule has 0 heterocycles. The average Bonchev–Trinajstić information content (AvgIpc) is 2.31. The molecule has 84 valence electrons. The smallest absolute Gasteiger partial charge is 0.0931 e. The first-order valence-corrected chi connectivity index (χ1v) is 5.55. The van der Waals surface area contributed by atoms with Crippen LogP contribution in [0.1, 0.15) is 31.7 Å². The standard InChI is InChI=1S/C14H17NO/c1-2-10-14(16,11-6-7-12-15)13-8-4-3-5-9-13/h3-9,16H,2,10-11H2,1H3/b7-6-/t14-/m1/s1. The van der Waals surface area contributed by atoms with Crippen LogP contribution < -0.4 is 0 Å². The van der Waals surface area contributed by atoms with E-state index in [0.29, 0.717) is 12.8 Å². The molecule has 0 aromatic heterocycles. The Balaban J connectivity index is 2.88. The summed E-state index contributed by atoms with van der Waals surface area (Å²) in [6.07, 6.45) is 5.24. The van der Waals surface area contributed by atoms with Crippen molar-refractivity contribution >= 4 is 0 Å². The summed E-state index contributed by atoms with van der Waals surface area (Å²) < 4.78 is 0. The number of allylic oxidation sites excluding steroid dienone is 1. The Bertz CT molecular complexity index is 377. The fraction of sp³-hybridized carbons (Fsp3) is 0.357. The summed E-state index contributed by atoms with van der Waals surface area (Å²) in [4.78, 5) is 0. The minimum atomic E-state index is -0.844. The van der Waals surface area contributed by atoms with E-state index >= 15 is 0 Å². The van der Waals surface area contributed by atoms with Crippen LogP contribution in [-0.4, -0.2) is 5.11 Å². The van der Waals surface area contributed by atoms with Gasteiger partial charge < -0.3 is 5.11 Å². The minimum Gasteiger partial charge on any atom is -0.385 e. The summed E-state index contributed by atoms with van der Waals surface area (Å²) in [6, 6.07) is 11.6. The van der Waals surface area contributed by atoms with E-state index in [4.69, 9.17) is 5.26 Å². The van der Waals surface area contributed by atoms with Crippen LogP contribution >= 0.6 is 0 Å². The van der Waals surface area contributed by atoms with Gasteiger partial charge in [0, 0.05) is 6.08 Å². The van der Waals surface area contributed by atoms with Crippen molar-refractivity contribution in [2.75, 3.05) is 0 Å². The van der Waals surface area contributed by atoms with Crippen molar-refractivity contribution in [1.82, 2.24) is 0 Å². The van der Waals surface area contributed by atoms with Crippen molar-refractivity contribution in [2.24, 2.45) is 0 Å². The Morgan fingerprint density at radius 1 is 1.38 bits per heavy atom. The summed E-state index contributed by atoms with van der Waals surface area (Å²) in [5.41, 5.74) is 0.0723. The maximum atomic E-state index is 10.5. The number of nitrogens with zero attached hydrogens (tertiary/aromatic N) is 1. The maximum absolute atomic E-state index is 10.5. The lowest BCUT2D eigenvalue weighted by atomic mass is 9.86. The summed E-state index contributed by atoms with van der Waals surface area (Å²) in [5, 5.41) is 19.0. The number of benzene rings is 1. The zero-order valence-electron chi connectivity index (χ0n) is 9.56. The molecule has 2 heteroatoms. The van der Waals surface area contributed by atoms with E-state index in [1.54, 1.807) is 6.08 Å². The normalized spacial score (nSPS) is 14.6. The Morgan fingerprint density at radius 2 is 2.06 bits per heavy atom. The first kappa shape index (κ1) is 12.5. The molecule has 0 aliphatic carbocycles. The largest absolute Gasteiger partial charge is 0.385 e. The van der Waals surface area contributed by atoms with Crippen molar-refractivity contribution in [3.8, 4) is 6.07 Å². The lowest BCUT2D eigenvalue weighted by Gasteiger charge is -2.27. The van der Waals surface area contributed by atoms with E-state index in [-0.39, 0.29) is 0 Å². The molecule has 1 atom stereocenters. The van der Waals surface area contributed by atoms with Gasteiger partial charge in [-0.05, 0) is 18.4 Å². The van der Waals surface area contributed by atoms with Crippen molar-refractivity contribution in [2.45, 2.75) is 31.8 Å². The third-order valence-electron chi connectivity index (χ3n) is 2.62. The van der Waals surface area contributed by atoms with E-state index in [9.17, 15) is 5.11 Å². The van der Waals surface area contributed by atoms with Gasteiger partial charge in [-0.3, -0.25) is 0 Å². The first-order chi connectivity index (χ1) is 7.73. The van der Waals surface area contributed by atoms with Crippen LogP contribution in [0.25, 0.3) is 0 Å². The van der Waals surface area contributed by atoms with Crippen LogP contribution in [0.5, 0.6) is 0 Å². The Kier molecular flexibility index (Phi) is 4.75. The second-order valence-electron chi connectivity index (χ2n) is 3.88. The van der Waals surface area contributed by atoms with Gasteiger partial charge in [-0.2, -0.15) is 5.26 Å². The zero-order valence-corrected chi connectivity index (χ0v) is 9.56. The number of hydrogen-bond acceptors (Lipinski definition) is 2. The van der Waals surface area contributed by atoms with E-state index in [0.717, 1.165) is 12.0 Å². The number of nitriles is 1. The molecular formula is C14H17NO. The molecule has 0 radical (unpaired) electrons. The highest BCUT2D eigenvalue weighted by molar-refractivity contribution is 5.23. The molecule has 0 bridgehead atoms. The lowest BCUT2D eigenvalue weighted by Crippen LogP contribution is -2.24. The van der Waals surface area contributed by atoms with Gasteiger partial charge in [0.05, 0.1) is 11.7 Å². The second-order valence-corrected chi connectivity index (χ2v) is 3.88. The Hall–Kier alpha value is -1.59. The number of hydrogen-bond donors (Lipinski definition) is 1. The van der Waals surface area contributed by atoms with Crippen LogP contribution in [0.15, 0.2) is 42.5 Å². The molecular weight excluding hydrogens is 198 g/mol. The SMILES string of the molecule is CCC[C@@](O)(C/C=C\C#N)c1ccccc1. The number of rotatable bonds is 5. The second kappa shape index (κ2) is 6.09. The van der Waals surface area contributed by atoms with Crippen LogP contribution in [0.4, 0.5) is 0 Å². The minimum absolute atomic E-state index is 0.485. The molecule has 0 unspecified atom stereocenters. The maximum Gasteiger partial charge on any atom is 0.0931 e. The van der Waals surface area contributed by atoms with Crippen molar-refractivity contribution < 1.29 is 5.11 Å². The monoisotopic (exact) mass is 215 g/mol. The van der Waals surface area contributed by atoms with Gasteiger partial charge in [0.25, 0.3) is 0 Å². The topological polar surface area (TPSA) is 44.0 Å². The molecule has 0 amide bonds. The third kappa shape index (κ3) is 3.22. The van der Waals surface area contributed by atoms with E-state index in [1.807, 2.05) is 43.3 Å². The molecule has 0 aliphatic rings. The molecule has 2 nitrogen and oxygen atoms in total. The highest BCUT2D eigenvalue weighted by Crippen LogP contribution is 2.30. The molecule has 1 N–H and O–H groups in total. The predicted octanol–water partition coefficient (Wildman–Crippen LogP) is 3.14. The van der Waals surface area contributed by atoms with Gasteiger partial charge in [-0.25, -0.2) is 0 Å². The van der Waals surface area contributed by atoms with Crippen LogP contribution in [0.2, 0.25) is 0 Å². The molecule has 0 saturated heterocycles. The van der Waals surface area contributed by atoms with E-state index in [1.165, 1.54) is 6.08 Å². The predicted molar refractivity (Wildman–Crippen MR) is 64.6 cm³/mol. The fourth-order valence-corrected chi connectivity index (χ4v) is 1.83. The quantitative estimate of drug-likeness (QED) is 0.767. The van der Waals surface area contributed by atoms with Crippen molar-refractivity contribution in [1.29, 1.82) is 5.26 Å². The molecule has 0 fully saturated rings. The van der Waals surface area contributed by atoms with Crippen LogP contribution in [0.3, 0.4) is 0 Å². The van der Waals surface area contributed by atoms with Gasteiger partial charge in [0.1, 0.15) is 0 Å². The van der Waals surface area contributed by atoms with Crippen LogP contribution in [0, 0.1) is 11.3 Å². The fourth-order valence-electron chi connectivity index (χ4n) is 1.83. The summed E-state index contributed by atoms with van der Waals surface area (Å²) >= 11 is 0. The van der Waals surface area contributed by atoms with E-state index < -0.39 is 5.60 Å². The number of aliphatic hydroxyl groups is 1. The average molecular weight is 215 g/mol. The Labute approximate surface area is 96.8 Å². The molecule has 1 rings (SSSR count). The third-order valence-corrected chi connectivity index (χ3v) is 2.62. The van der Waals surface area contributed by atoms with Gasteiger partial charge in [0.15, 0.2) is 0 Å². The van der Waals surface area contributed by atoms with Gasteiger partial charge in [0.2, 0.25) is 0 Å².